The Hall–Kier alpha value is -0.910. The van der Waals surface area contributed by atoms with Gasteiger partial charge in [-0.3, -0.25) is 0 Å². The minimum Gasteiger partial charge on any atom is -0.367 e. The van der Waals surface area contributed by atoms with Crippen LogP contribution in [0.1, 0.15) is 12.8 Å². The number of thiophene rings is 1. The third-order valence-corrected chi connectivity index (χ3v) is 4.33. The maximum Gasteiger partial charge on any atom is 0.225 e. The van der Waals surface area contributed by atoms with Crippen LogP contribution in [0.25, 0.3) is 10.2 Å². The molecule has 2 aromatic heterocycles. The van der Waals surface area contributed by atoms with E-state index in [0.29, 0.717) is 11.3 Å². The molecule has 0 aromatic carbocycles. The monoisotopic (exact) mass is 282 g/mol. The first-order valence-electron chi connectivity index (χ1n) is 6.08. The van der Waals surface area contributed by atoms with Gasteiger partial charge in [0, 0.05) is 6.04 Å². The highest BCUT2D eigenvalue weighted by Crippen LogP contribution is 2.27. The van der Waals surface area contributed by atoms with Gasteiger partial charge in [-0.2, -0.15) is 0 Å². The second kappa shape index (κ2) is 4.99. The highest BCUT2D eigenvalue weighted by Gasteiger charge is 2.18. The van der Waals surface area contributed by atoms with E-state index in [4.69, 9.17) is 11.6 Å². The summed E-state index contributed by atoms with van der Waals surface area (Å²) in [6.07, 6.45) is 2.29. The van der Waals surface area contributed by atoms with Crippen molar-refractivity contribution in [1.29, 1.82) is 0 Å². The Labute approximate surface area is 115 Å². The van der Waals surface area contributed by atoms with Crippen molar-refractivity contribution in [2.24, 2.45) is 0 Å². The Morgan fingerprint density at radius 1 is 1.39 bits per heavy atom. The van der Waals surface area contributed by atoms with Crippen LogP contribution in [0.2, 0.25) is 5.28 Å². The Balaban J connectivity index is 1.83. The van der Waals surface area contributed by atoms with Crippen molar-refractivity contribution in [3.8, 4) is 0 Å². The van der Waals surface area contributed by atoms with Crippen molar-refractivity contribution in [2.75, 3.05) is 25.5 Å². The van der Waals surface area contributed by atoms with Crippen LogP contribution in [0.15, 0.2) is 11.4 Å². The van der Waals surface area contributed by atoms with Crippen LogP contribution in [0.4, 0.5) is 5.82 Å². The Kier molecular flexibility index (Phi) is 3.37. The molecule has 1 aliphatic rings. The van der Waals surface area contributed by atoms with Crippen molar-refractivity contribution in [3.05, 3.63) is 16.7 Å². The smallest absolute Gasteiger partial charge is 0.225 e. The molecule has 0 atom stereocenters. The lowest BCUT2D eigenvalue weighted by atomic mass is 10.1. The van der Waals surface area contributed by atoms with Gasteiger partial charge in [-0.15, -0.1) is 11.3 Å². The highest BCUT2D eigenvalue weighted by molar-refractivity contribution is 7.16. The fourth-order valence-electron chi connectivity index (χ4n) is 2.29. The topological polar surface area (TPSA) is 41.0 Å². The summed E-state index contributed by atoms with van der Waals surface area (Å²) >= 11 is 7.55. The van der Waals surface area contributed by atoms with E-state index in [1.165, 1.54) is 0 Å². The molecule has 0 aliphatic carbocycles. The third kappa shape index (κ3) is 2.43. The van der Waals surface area contributed by atoms with Gasteiger partial charge in [0.1, 0.15) is 10.6 Å². The van der Waals surface area contributed by atoms with Crippen LogP contribution in [0, 0.1) is 0 Å². The fourth-order valence-corrected chi connectivity index (χ4v) is 3.27. The number of likely N-dealkylation sites (tertiary alicyclic amines) is 1. The van der Waals surface area contributed by atoms with Gasteiger partial charge in [0.05, 0.1) is 5.39 Å². The van der Waals surface area contributed by atoms with E-state index >= 15 is 0 Å². The zero-order valence-corrected chi connectivity index (χ0v) is 11.8. The maximum atomic E-state index is 5.96. The van der Waals surface area contributed by atoms with Crippen LogP contribution in [0.5, 0.6) is 0 Å². The number of anilines is 1. The zero-order chi connectivity index (χ0) is 12.5. The number of nitrogens with zero attached hydrogens (tertiary/aromatic N) is 3. The zero-order valence-electron chi connectivity index (χ0n) is 10.2. The Bertz CT molecular complexity index is 548. The number of rotatable bonds is 2. The molecule has 1 N–H and O–H groups in total. The van der Waals surface area contributed by atoms with Crippen LogP contribution < -0.4 is 5.32 Å². The van der Waals surface area contributed by atoms with E-state index in [2.05, 4.69) is 27.2 Å². The molecule has 1 aliphatic heterocycles. The van der Waals surface area contributed by atoms with E-state index in [9.17, 15) is 0 Å². The highest BCUT2D eigenvalue weighted by atomic mass is 35.5. The van der Waals surface area contributed by atoms with Crippen LogP contribution in [-0.2, 0) is 0 Å². The summed E-state index contributed by atoms with van der Waals surface area (Å²) in [6, 6.07) is 2.53. The second-order valence-electron chi connectivity index (χ2n) is 4.70. The number of fused-ring (bicyclic) bond motifs is 1. The Morgan fingerprint density at radius 3 is 2.94 bits per heavy atom. The molecule has 96 valence electrons. The molecule has 0 bridgehead atoms. The van der Waals surface area contributed by atoms with Gasteiger partial charge in [-0.05, 0) is 56.0 Å². The molecule has 0 spiro atoms. The number of piperidine rings is 1. The first kappa shape index (κ1) is 12.1. The quantitative estimate of drug-likeness (QED) is 0.860. The normalized spacial score (nSPS) is 18.3. The molecule has 2 aromatic rings. The molecular formula is C12H15ClN4S. The SMILES string of the molecule is CN1CCC(Nc2nc(Cl)nc3sccc23)CC1. The molecule has 18 heavy (non-hydrogen) atoms. The lowest BCUT2D eigenvalue weighted by Gasteiger charge is -2.29. The largest absolute Gasteiger partial charge is 0.367 e. The van der Waals surface area contributed by atoms with Crippen molar-refractivity contribution in [1.82, 2.24) is 14.9 Å². The second-order valence-corrected chi connectivity index (χ2v) is 5.94. The molecule has 1 fully saturated rings. The van der Waals surface area contributed by atoms with E-state index in [-0.39, 0.29) is 0 Å². The molecule has 1 saturated heterocycles. The number of hydrogen-bond acceptors (Lipinski definition) is 5. The van der Waals surface area contributed by atoms with E-state index in [0.717, 1.165) is 42.0 Å². The van der Waals surface area contributed by atoms with Crippen molar-refractivity contribution < 1.29 is 0 Å². The van der Waals surface area contributed by atoms with Gasteiger partial charge >= 0.3 is 0 Å². The van der Waals surface area contributed by atoms with Gasteiger partial charge in [0.15, 0.2) is 0 Å². The molecule has 4 nitrogen and oxygen atoms in total. The van der Waals surface area contributed by atoms with Gasteiger partial charge in [-0.1, -0.05) is 0 Å². The van der Waals surface area contributed by atoms with Crippen molar-refractivity contribution in [2.45, 2.75) is 18.9 Å². The number of aromatic nitrogens is 2. The first-order chi connectivity index (χ1) is 8.72. The summed E-state index contributed by atoms with van der Waals surface area (Å²) in [5, 5.41) is 6.93. The summed E-state index contributed by atoms with van der Waals surface area (Å²) in [5.74, 6) is 0.876. The van der Waals surface area contributed by atoms with Gasteiger partial charge < -0.3 is 10.2 Å². The van der Waals surface area contributed by atoms with Crippen LogP contribution in [-0.4, -0.2) is 41.0 Å². The molecule has 0 saturated carbocycles. The predicted molar refractivity (Wildman–Crippen MR) is 76.6 cm³/mol. The summed E-state index contributed by atoms with van der Waals surface area (Å²) in [5.41, 5.74) is 0. The molecule has 3 rings (SSSR count). The van der Waals surface area contributed by atoms with Gasteiger partial charge in [-0.25, -0.2) is 9.97 Å². The van der Waals surface area contributed by atoms with Gasteiger partial charge in [0.2, 0.25) is 5.28 Å². The summed E-state index contributed by atoms with van der Waals surface area (Å²) in [4.78, 5) is 11.9. The molecule has 6 heteroatoms. The summed E-state index contributed by atoms with van der Waals surface area (Å²) in [7, 11) is 2.16. The molecule has 0 radical (unpaired) electrons. The number of halogens is 1. The van der Waals surface area contributed by atoms with E-state index in [1.54, 1.807) is 11.3 Å². The lowest BCUT2D eigenvalue weighted by Crippen LogP contribution is -2.36. The average molecular weight is 283 g/mol. The third-order valence-electron chi connectivity index (χ3n) is 3.36. The summed E-state index contributed by atoms with van der Waals surface area (Å²) < 4.78 is 0. The lowest BCUT2D eigenvalue weighted by molar-refractivity contribution is 0.264. The number of nitrogens with one attached hydrogen (secondary N) is 1. The Morgan fingerprint density at radius 2 is 2.17 bits per heavy atom. The minimum absolute atomic E-state index is 0.320. The molecule has 0 unspecified atom stereocenters. The molecule has 0 amide bonds. The standard InChI is InChI=1S/C12H15ClN4S/c1-17-5-2-8(3-6-17)14-10-9-4-7-18-11(9)16-12(13)15-10/h4,7-8H,2-3,5-6H2,1H3,(H,14,15,16). The van der Waals surface area contributed by atoms with Crippen molar-refractivity contribution >= 4 is 39.0 Å². The molecular weight excluding hydrogens is 268 g/mol. The van der Waals surface area contributed by atoms with E-state index < -0.39 is 0 Å². The van der Waals surface area contributed by atoms with E-state index in [1.807, 2.05) is 11.4 Å². The summed E-state index contributed by atoms with van der Waals surface area (Å²) in [6.45, 7) is 2.26. The van der Waals surface area contributed by atoms with Crippen LogP contribution >= 0.6 is 22.9 Å². The fraction of sp³-hybridized carbons (Fsp3) is 0.500. The van der Waals surface area contributed by atoms with Crippen LogP contribution in [0.3, 0.4) is 0 Å². The molecule has 3 heterocycles. The van der Waals surface area contributed by atoms with Crippen molar-refractivity contribution in [3.63, 3.8) is 0 Å². The maximum absolute atomic E-state index is 5.96. The predicted octanol–water partition coefficient (Wildman–Crippen LogP) is 2.85. The minimum atomic E-state index is 0.320. The number of hydrogen-bond donors (Lipinski definition) is 1. The first-order valence-corrected chi connectivity index (χ1v) is 7.34. The van der Waals surface area contributed by atoms with Gasteiger partial charge in [0.25, 0.3) is 0 Å². The average Bonchev–Trinajstić information content (AvgIpc) is 2.80.